The Kier molecular flexibility index (Phi) is 8.43. The van der Waals surface area contributed by atoms with Crippen LogP contribution in [-0.4, -0.2) is 76.0 Å². The second kappa shape index (κ2) is 11.3. The van der Waals surface area contributed by atoms with Gasteiger partial charge < -0.3 is 14.4 Å². The lowest BCUT2D eigenvalue weighted by Gasteiger charge is -2.34. The minimum atomic E-state index is -3.93. The Labute approximate surface area is 194 Å². The van der Waals surface area contributed by atoms with Gasteiger partial charge in [-0.25, -0.2) is 8.42 Å². The number of ether oxygens (including phenoxy) is 2. The van der Waals surface area contributed by atoms with Crippen LogP contribution in [0, 0.1) is 0 Å². The fraction of sp³-hybridized carbons (Fsp3) is 0.391. The maximum absolute atomic E-state index is 12.5. The van der Waals surface area contributed by atoms with Crippen LogP contribution in [-0.2, 0) is 30.9 Å². The van der Waals surface area contributed by atoms with Crippen molar-refractivity contribution in [2.75, 3.05) is 39.9 Å². The average Bonchev–Trinajstić information content (AvgIpc) is 2.83. The van der Waals surface area contributed by atoms with Crippen LogP contribution in [0.15, 0.2) is 59.5 Å². The molecule has 0 bridgehead atoms. The monoisotopic (exact) mass is 475 g/mol. The molecule has 0 saturated carbocycles. The van der Waals surface area contributed by atoms with Crippen LogP contribution in [0.2, 0.25) is 0 Å². The molecule has 1 saturated heterocycles. The van der Waals surface area contributed by atoms with Crippen molar-refractivity contribution in [1.29, 1.82) is 0 Å². The first-order valence-electron chi connectivity index (χ1n) is 10.7. The van der Waals surface area contributed by atoms with Crippen molar-refractivity contribution in [3.63, 3.8) is 0 Å². The Balaban J connectivity index is 1.42. The summed E-state index contributed by atoms with van der Waals surface area (Å²) in [7, 11) is -2.45. The number of benzene rings is 2. The number of amides is 1. The normalized spacial score (nSPS) is 15.6. The van der Waals surface area contributed by atoms with Crippen molar-refractivity contribution in [3.05, 3.63) is 60.2 Å². The maximum atomic E-state index is 12.5. The Bertz CT molecular complexity index is 1040. The summed E-state index contributed by atoms with van der Waals surface area (Å²) in [5.41, 5.74) is 1.22. The number of nitrogens with one attached hydrogen (secondary N) is 1. The third-order valence-corrected chi connectivity index (χ3v) is 6.92. The molecule has 0 spiro atoms. The van der Waals surface area contributed by atoms with Crippen LogP contribution in [0.25, 0.3) is 0 Å². The van der Waals surface area contributed by atoms with Crippen molar-refractivity contribution < 1.29 is 27.5 Å². The van der Waals surface area contributed by atoms with Gasteiger partial charge in [0.05, 0.1) is 12.0 Å². The van der Waals surface area contributed by atoms with Crippen LogP contribution < -0.4 is 9.46 Å². The van der Waals surface area contributed by atoms with Gasteiger partial charge in [-0.05, 0) is 36.8 Å². The van der Waals surface area contributed by atoms with Crippen molar-refractivity contribution in [1.82, 2.24) is 14.5 Å². The Morgan fingerprint density at radius 3 is 2.24 bits per heavy atom. The molecule has 178 valence electrons. The predicted molar refractivity (Wildman–Crippen MR) is 122 cm³/mol. The zero-order chi connectivity index (χ0) is 23.8. The smallest absolute Gasteiger partial charge is 0.324 e. The standard InChI is InChI=1S/C23H29N3O6S/c1-18(24-33(29,30)21-10-8-20(31-2)9-11-21)23(28)32-17-22(27)26-14-12-25(13-15-26)16-19-6-4-3-5-7-19/h3-11,18,24H,12-17H2,1-2H3/t18-/m0/s1. The summed E-state index contributed by atoms with van der Waals surface area (Å²) in [5.74, 6) is -0.600. The summed E-state index contributed by atoms with van der Waals surface area (Å²) in [6.07, 6.45) is 0. The molecular weight excluding hydrogens is 446 g/mol. The van der Waals surface area contributed by atoms with E-state index in [1.54, 1.807) is 4.90 Å². The maximum Gasteiger partial charge on any atom is 0.324 e. The molecular formula is C23H29N3O6S. The quantitative estimate of drug-likeness (QED) is 0.544. The minimum Gasteiger partial charge on any atom is -0.497 e. The Hall–Kier alpha value is -2.95. The van der Waals surface area contributed by atoms with Gasteiger partial charge in [-0.1, -0.05) is 30.3 Å². The van der Waals surface area contributed by atoms with E-state index in [0.717, 1.165) is 19.6 Å². The van der Waals surface area contributed by atoms with E-state index >= 15 is 0 Å². The van der Waals surface area contributed by atoms with E-state index < -0.39 is 28.6 Å². The molecule has 33 heavy (non-hydrogen) atoms. The van der Waals surface area contributed by atoms with Crippen molar-refractivity contribution in [2.45, 2.75) is 24.4 Å². The molecule has 10 heteroatoms. The number of hydrogen-bond donors (Lipinski definition) is 1. The molecule has 1 aliphatic heterocycles. The van der Waals surface area contributed by atoms with Gasteiger partial charge in [0.2, 0.25) is 10.0 Å². The number of methoxy groups -OCH3 is 1. The van der Waals surface area contributed by atoms with Gasteiger partial charge in [0, 0.05) is 32.7 Å². The lowest BCUT2D eigenvalue weighted by molar-refractivity contribution is -0.153. The number of sulfonamides is 1. The number of rotatable bonds is 9. The number of piperazine rings is 1. The highest BCUT2D eigenvalue weighted by Crippen LogP contribution is 2.16. The lowest BCUT2D eigenvalue weighted by Crippen LogP contribution is -2.49. The first-order valence-corrected chi connectivity index (χ1v) is 12.1. The molecule has 1 N–H and O–H groups in total. The zero-order valence-electron chi connectivity index (χ0n) is 18.8. The molecule has 1 aliphatic rings. The average molecular weight is 476 g/mol. The molecule has 1 fully saturated rings. The molecule has 0 unspecified atom stereocenters. The van der Waals surface area contributed by atoms with Gasteiger partial charge in [-0.15, -0.1) is 0 Å². The van der Waals surface area contributed by atoms with Gasteiger partial charge in [0.25, 0.3) is 5.91 Å². The fourth-order valence-electron chi connectivity index (χ4n) is 3.45. The molecule has 0 radical (unpaired) electrons. The summed E-state index contributed by atoms with van der Waals surface area (Å²) >= 11 is 0. The van der Waals surface area contributed by atoms with Gasteiger partial charge in [0.15, 0.2) is 6.61 Å². The Morgan fingerprint density at radius 2 is 1.64 bits per heavy atom. The number of carbonyl (C=O) groups excluding carboxylic acids is 2. The van der Waals surface area contributed by atoms with Gasteiger partial charge in [-0.2, -0.15) is 4.72 Å². The van der Waals surface area contributed by atoms with E-state index in [-0.39, 0.29) is 10.8 Å². The fourth-order valence-corrected chi connectivity index (χ4v) is 4.64. The summed E-state index contributed by atoms with van der Waals surface area (Å²) in [6, 6.07) is 14.7. The number of hydrogen-bond acceptors (Lipinski definition) is 7. The van der Waals surface area contributed by atoms with Crippen molar-refractivity contribution in [2.24, 2.45) is 0 Å². The number of carbonyl (C=O) groups is 2. The second-order valence-electron chi connectivity index (χ2n) is 7.77. The van der Waals surface area contributed by atoms with E-state index in [0.29, 0.717) is 18.8 Å². The van der Waals surface area contributed by atoms with Crippen LogP contribution in [0.4, 0.5) is 0 Å². The van der Waals surface area contributed by atoms with Crippen molar-refractivity contribution >= 4 is 21.9 Å². The summed E-state index contributed by atoms with van der Waals surface area (Å²) < 4.78 is 37.3. The molecule has 0 aliphatic carbocycles. The molecule has 1 atom stereocenters. The largest absolute Gasteiger partial charge is 0.497 e. The van der Waals surface area contributed by atoms with E-state index in [9.17, 15) is 18.0 Å². The molecule has 1 heterocycles. The minimum absolute atomic E-state index is 0.00704. The highest BCUT2D eigenvalue weighted by molar-refractivity contribution is 7.89. The van der Waals surface area contributed by atoms with Gasteiger partial charge >= 0.3 is 5.97 Å². The number of esters is 1. The first kappa shape index (κ1) is 24.7. The highest BCUT2D eigenvalue weighted by atomic mass is 32.2. The third-order valence-electron chi connectivity index (χ3n) is 5.37. The molecule has 1 amide bonds. The molecule has 2 aromatic carbocycles. The highest BCUT2D eigenvalue weighted by Gasteiger charge is 2.26. The van der Waals surface area contributed by atoms with Gasteiger partial charge in [0.1, 0.15) is 11.8 Å². The SMILES string of the molecule is COc1ccc(S(=O)(=O)N[C@@H](C)C(=O)OCC(=O)N2CCN(Cc3ccccc3)CC2)cc1. The number of nitrogens with zero attached hydrogens (tertiary/aromatic N) is 2. The van der Waals surface area contributed by atoms with E-state index in [1.165, 1.54) is 43.9 Å². The first-order chi connectivity index (χ1) is 15.8. The summed E-state index contributed by atoms with van der Waals surface area (Å²) in [5, 5.41) is 0. The Morgan fingerprint density at radius 1 is 1.00 bits per heavy atom. The summed E-state index contributed by atoms with van der Waals surface area (Å²) in [4.78, 5) is 28.6. The van der Waals surface area contributed by atoms with E-state index in [4.69, 9.17) is 9.47 Å². The zero-order valence-corrected chi connectivity index (χ0v) is 19.6. The third kappa shape index (κ3) is 7.01. The summed E-state index contributed by atoms with van der Waals surface area (Å²) in [6.45, 7) is 4.32. The molecule has 3 rings (SSSR count). The van der Waals surface area contributed by atoms with Crippen LogP contribution in [0.1, 0.15) is 12.5 Å². The lowest BCUT2D eigenvalue weighted by atomic mass is 10.2. The molecule has 0 aromatic heterocycles. The van der Waals surface area contributed by atoms with Crippen LogP contribution in [0.3, 0.4) is 0 Å². The van der Waals surface area contributed by atoms with E-state index in [2.05, 4.69) is 21.8 Å². The molecule has 9 nitrogen and oxygen atoms in total. The topological polar surface area (TPSA) is 105 Å². The molecule has 2 aromatic rings. The van der Waals surface area contributed by atoms with Crippen LogP contribution >= 0.6 is 0 Å². The van der Waals surface area contributed by atoms with Gasteiger partial charge in [-0.3, -0.25) is 14.5 Å². The van der Waals surface area contributed by atoms with Crippen LogP contribution in [0.5, 0.6) is 5.75 Å². The second-order valence-corrected chi connectivity index (χ2v) is 9.48. The predicted octanol–water partition coefficient (Wildman–Crippen LogP) is 1.25. The van der Waals surface area contributed by atoms with Crippen molar-refractivity contribution in [3.8, 4) is 5.75 Å². The van der Waals surface area contributed by atoms with E-state index in [1.807, 2.05) is 18.2 Å².